The standard InChI is InChI=1S/C32H32IN3O4/c1-19-28(31(38)36-27-7-5-6-14-34-27)29(30-24(35-19)16-32(2,3)17-25(30)37)20-8-13-26(39-4)21(15-20)18-40-23-11-9-22(33)10-12-23/h5-15,29,35H,16-18H2,1-4H3,(H,34,36,38)/t29-/m1/s1. The van der Waals surface area contributed by atoms with Crippen LogP contribution in [0.3, 0.4) is 0 Å². The number of anilines is 1. The fourth-order valence-electron chi connectivity index (χ4n) is 5.47. The van der Waals surface area contributed by atoms with Gasteiger partial charge in [-0.3, -0.25) is 9.59 Å². The lowest BCUT2D eigenvalue weighted by Gasteiger charge is -2.39. The van der Waals surface area contributed by atoms with Gasteiger partial charge < -0.3 is 20.1 Å². The fraction of sp³-hybridized carbons (Fsp3) is 0.281. The largest absolute Gasteiger partial charge is 0.496 e. The number of rotatable bonds is 7. The third-order valence-corrected chi connectivity index (χ3v) is 7.96. The first kappa shape index (κ1) is 27.9. The quantitative estimate of drug-likeness (QED) is 0.284. The lowest BCUT2D eigenvalue weighted by Crippen LogP contribution is -2.39. The van der Waals surface area contributed by atoms with Crippen molar-refractivity contribution in [2.24, 2.45) is 5.41 Å². The Morgan fingerprint density at radius 3 is 2.60 bits per heavy atom. The van der Waals surface area contributed by atoms with E-state index in [1.54, 1.807) is 25.4 Å². The summed E-state index contributed by atoms with van der Waals surface area (Å²) in [7, 11) is 1.62. The van der Waals surface area contributed by atoms with Crippen LogP contribution in [-0.4, -0.2) is 23.8 Å². The van der Waals surface area contributed by atoms with Crippen LogP contribution in [0.1, 0.15) is 50.7 Å². The minimum absolute atomic E-state index is 0.0480. The van der Waals surface area contributed by atoms with Crippen molar-refractivity contribution in [3.8, 4) is 11.5 Å². The Hall–Kier alpha value is -3.66. The summed E-state index contributed by atoms with van der Waals surface area (Å²) in [6.45, 7) is 6.36. The molecule has 0 bridgehead atoms. The normalized spacial score (nSPS) is 18.1. The molecule has 0 spiro atoms. The number of ether oxygens (including phenoxy) is 2. The average molecular weight is 650 g/mol. The summed E-state index contributed by atoms with van der Waals surface area (Å²) in [6, 6.07) is 19.0. The number of halogens is 1. The zero-order chi connectivity index (χ0) is 28.4. The van der Waals surface area contributed by atoms with Crippen LogP contribution in [0.25, 0.3) is 0 Å². The summed E-state index contributed by atoms with van der Waals surface area (Å²) in [4.78, 5) is 31.7. The molecule has 1 amide bonds. The molecule has 5 rings (SSSR count). The van der Waals surface area contributed by atoms with Crippen LogP contribution >= 0.6 is 22.6 Å². The molecule has 2 aliphatic rings. The van der Waals surface area contributed by atoms with Crippen LogP contribution < -0.4 is 20.1 Å². The van der Waals surface area contributed by atoms with Gasteiger partial charge in [-0.15, -0.1) is 0 Å². The summed E-state index contributed by atoms with van der Waals surface area (Å²) in [5.41, 5.74) is 4.21. The number of aromatic nitrogens is 1. The summed E-state index contributed by atoms with van der Waals surface area (Å²) < 4.78 is 12.9. The van der Waals surface area contributed by atoms with E-state index in [1.807, 2.05) is 55.5 Å². The van der Waals surface area contributed by atoms with E-state index >= 15 is 0 Å². The molecule has 1 aromatic heterocycles. The van der Waals surface area contributed by atoms with E-state index in [2.05, 4.69) is 52.1 Å². The molecule has 0 saturated heterocycles. The summed E-state index contributed by atoms with van der Waals surface area (Å²) in [6.07, 6.45) is 2.76. The highest BCUT2D eigenvalue weighted by Gasteiger charge is 2.42. The first-order chi connectivity index (χ1) is 19.1. The highest BCUT2D eigenvalue weighted by Crippen LogP contribution is 2.47. The average Bonchev–Trinajstić information content (AvgIpc) is 2.91. The second kappa shape index (κ2) is 11.4. The Morgan fingerprint density at radius 1 is 1.12 bits per heavy atom. The van der Waals surface area contributed by atoms with Crippen LogP contribution in [0.4, 0.5) is 5.82 Å². The number of hydrogen-bond donors (Lipinski definition) is 2. The topological polar surface area (TPSA) is 89.5 Å². The lowest BCUT2D eigenvalue weighted by atomic mass is 9.68. The number of ketones is 1. The van der Waals surface area contributed by atoms with E-state index in [1.165, 1.54) is 0 Å². The van der Waals surface area contributed by atoms with Gasteiger partial charge in [-0.2, -0.15) is 0 Å². The molecule has 2 heterocycles. The van der Waals surface area contributed by atoms with E-state index < -0.39 is 5.92 Å². The number of amides is 1. The van der Waals surface area contributed by atoms with Crippen molar-refractivity contribution in [1.29, 1.82) is 0 Å². The number of allylic oxidation sites excluding steroid dienone is 3. The highest BCUT2D eigenvalue weighted by atomic mass is 127. The third kappa shape index (κ3) is 5.91. The van der Waals surface area contributed by atoms with E-state index in [4.69, 9.17) is 9.47 Å². The minimum atomic E-state index is -0.550. The molecule has 2 N–H and O–H groups in total. The van der Waals surface area contributed by atoms with Gasteiger partial charge in [0.25, 0.3) is 5.91 Å². The number of carbonyl (C=O) groups excluding carboxylic acids is 2. The molecular weight excluding hydrogens is 617 g/mol. The second-order valence-corrected chi connectivity index (χ2v) is 12.2. The van der Waals surface area contributed by atoms with Crippen LogP contribution in [0.15, 0.2) is 89.4 Å². The smallest absolute Gasteiger partial charge is 0.255 e. The number of methoxy groups -OCH3 is 1. The zero-order valence-corrected chi connectivity index (χ0v) is 25.2. The van der Waals surface area contributed by atoms with E-state index in [0.29, 0.717) is 29.1 Å². The Balaban J connectivity index is 1.57. The second-order valence-electron chi connectivity index (χ2n) is 10.9. The molecular formula is C32H32IN3O4. The molecule has 206 valence electrons. The molecule has 7 nitrogen and oxygen atoms in total. The Labute approximate surface area is 248 Å². The maximum absolute atomic E-state index is 13.8. The molecule has 1 aliphatic carbocycles. The van der Waals surface area contributed by atoms with Crippen molar-refractivity contribution in [1.82, 2.24) is 10.3 Å². The maximum Gasteiger partial charge on any atom is 0.255 e. The van der Waals surface area contributed by atoms with Crippen molar-refractivity contribution in [2.45, 2.75) is 46.1 Å². The number of dihydropyridines is 1. The molecule has 1 atom stereocenters. The van der Waals surface area contributed by atoms with Crippen LogP contribution in [0.2, 0.25) is 0 Å². The predicted octanol–water partition coefficient (Wildman–Crippen LogP) is 6.52. The number of hydrogen-bond acceptors (Lipinski definition) is 6. The van der Waals surface area contributed by atoms with E-state index in [-0.39, 0.29) is 23.7 Å². The number of carbonyl (C=O) groups is 2. The van der Waals surface area contributed by atoms with Crippen LogP contribution in [0.5, 0.6) is 11.5 Å². The molecule has 0 radical (unpaired) electrons. The Bertz CT molecular complexity index is 1510. The van der Waals surface area contributed by atoms with Gasteiger partial charge in [0.15, 0.2) is 5.78 Å². The summed E-state index contributed by atoms with van der Waals surface area (Å²) in [5.74, 6) is 1.07. The third-order valence-electron chi connectivity index (χ3n) is 7.24. The van der Waals surface area contributed by atoms with E-state index in [9.17, 15) is 9.59 Å². The Morgan fingerprint density at radius 2 is 1.90 bits per heavy atom. The lowest BCUT2D eigenvalue weighted by molar-refractivity contribution is -0.118. The van der Waals surface area contributed by atoms with Gasteiger partial charge in [0.05, 0.1) is 7.11 Å². The van der Waals surface area contributed by atoms with Gasteiger partial charge in [-0.25, -0.2) is 4.98 Å². The van der Waals surface area contributed by atoms with Crippen molar-refractivity contribution >= 4 is 40.1 Å². The molecule has 3 aromatic rings. The van der Waals surface area contributed by atoms with E-state index in [0.717, 1.165) is 38.3 Å². The van der Waals surface area contributed by atoms with Gasteiger partial charge in [0.2, 0.25) is 0 Å². The van der Waals surface area contributed by atoms with Crippen molar-refractivity contribution in [2.75, 3.05) is 12.4 Å². The highest BCUT2D eigenvalue weighted by molar-refractivity contribution is 14.1. The summed E-state index contributed by atoms with van der Waals surface area (Å²) >= 11 is 2.26. The SMILES string of the molecule is COc1ccc([C@@H]2C(C(=O)Nc3ccccn3)=C(C)NC3=C2C(=O)CC(C)(C)C3)cc1COc1ccc(I)cc1. The van der Waals surface area contributed by atoms with Gasteiger partial charge in [0, 0.05) is 50.2 Å². The van der Waals surface area contributed by atoms with Crippen LogP contribution in [-0.2, 0) is 16.2 Å². The first-order valence-electron chi connectivity index (χ1n) is 13.2. The molecule has 40 heavy (non-hydrogen) atoms. The first-order valence-corrected chi connectivity index (χ1v) is 14.2. The number of benzene rings is 2. The predicted molar refractivity (Wildman–Crippen MR) is 163 cm³/mol. The van der Waals surface area contributed by atoms with Gasteiger partial charge in [-0.1, -0.05) is 26.0 Å². The minimum Gasteiger partial charge on any atom is -0.496 e. The summed E-state index contributed by atoms with van der Waals surface area (Å²) in [5, 5.41) is 6.34. The molecule has 0 saturated carbocycles. The number of pyridine rings is 1. The maximum atomic E-state index is 13.8. The number of nitrogens with one attached hydrogen (secondary N) is 2. The van der Waals surface area contributed by atoms with Gasteiger partial charge in [0.1, 0.15) is 23.9 Å². The number of Topliss-reactive ketones (excluding diaryl/α,β-unsaturated/α-hetero) is 1. The molecule has 0 unspecified atom stereocenters. The molecule has 0 fully saturated rings. The molecule has 1 aliphatic heterocycles. The van der Waals surface area contributed by atoms with Crippen LogP contribution in [0, 0.1) is 8.99 Å². The van der Waals surface area contributed by atoms with Crippen molar-refractivity contribution in [3.63, 3.8) is 0 Å². The number of nitrogens with zero attached hydrogens (tertiary/aromatic N) is 1. The zero-order valence-electron chi connectivity index (χ0n) is 23.0. The van der Waals surface area contributed by atoms with Gasteiger partial charge in [-0.05, 0) is 95.4 Å². The molecule has 2 aromatic carbocycles. The Kier molecular flexibility index (Phi) is 7.98. The molecule has 8 heteroatoms. The van der Waals surface area contributed by atoms with Gasteiger partial charge >= 0.3 is 0 Å². The van der Waals surface area contributed by atoms with Crippen molar-refractivity contribution in [3.05, 3.63) is 104 Å². The monoisotopic (exact) mass is 649 g/mol. The van der Waals surface area contributed by atoms with Crippen molar-refractivity contribution < 1.29 is 19.1 Å². The fourth-order valence-corrected chi connectivity index (χ4v) is 5.83.